The number of hydrogen-bond donors (Lipinski definition) is 2. The van der Waals surface area contributed by atoms with Gasteiger partial charge in [-0.3, -0.25) is 0 Å². The SMILES string of the molecule is [B]C([B])(O)CSSCC([B])([B])O. The van der Waals surface area contributed by atoms with E-state index < -0.39 is 10.8 Å². The van der Waals surface area contributed by atoms with Crippen molar-refractivity contribution in [2.75, 3.05) is 11.5 Å². The molecule has 0 saturated heterocycles. The molecule has 58 valence electrons. The molecule has 2 nitrogen and oxygen atoms in total. The van der Waals surface area contributed by atoms with Crippen LogP contribution in [0.3, 0.4) is 0 Å². The lowest BCUT2D eigenvalue weighted by atomic mass is 9.67. The van der Waals surface area contributed by atoms with Crippen LogP contribution in [-0.4, -0.2) is 63.9 Å². The Morgan fingerprint density at radius 1 is 0.833 bits per heavy atom. The molecule has 0 unspecified atom stereocenters. The highest BCUT2D eigenvalue weighted by Gasteiger charge is 2.14. The van der Waals surface area contributed by atoms with Crippen LogP contribution in [0.4, 0.5) is 0 Å². The summed E-state index contributed by atoms with van der Waals surface area (Å²) in [4.78, 5) is 0. The van der Waals surface area contributed by atoms with Crippen molar-refractivity contribution < 1.29 is 10.2 Å². The highest BCUT2D eigenvalue weighted by molar-refractivity contribution is 8.76. The summed E-state index contributed by atoms with van der Waals surface area (Å²) in [7, 11) is 22.6. The van der Waals surface area contributed by atoms with Crippen LogP contribution in [0.2, 0.25) is 0 Å². The van der Waals surface area contributed by atoms with E-state index in [4.69, 9.17) is 41.6 Å². The van der Waals surface area contributed by atoms with Gasteiger partial charge in [0, 0.05) is 11.5 Å². The first-order valence-electron chi connectivity index (χ1n) is 3.05. The van der Waals surface area contributed by atoms with Gasteiger partial charge in [0.15, 0.2) is 0 Å². The molecule has 0 aliphatic rings. The summed E-state index contributed by atoms with van der Waals surface area (Å²) in [6.07, 6.45) is 0. The third-order valence-corrected chi connectivity index (χ3v) is 3.20. The summed E-state index contributed by atoms with van der Waals surface area (Å²) in [6.45, 7) is 0. The zero-order valence-corrected chi connectivity index (χ0v) is 8.07. The van der Waals surface area contributed by atoms with E-state index in [0.717, 1.165) is 0 Å². The topological polar surface area (TPSA) is 40.5 Å². The Balaban J connectivity index is 3.35. The molecule has 0 rings (SSSR count). The van der Waals surface area contributed by atoms with E-state index in [-0.39, 0.29) is 11.5 Å². The maximum Gasteiger partial charge on any atom is 0.100 e. The van der Waals surface area contributed by atoms with E-state index in [9.17, 15) is 0 Å². The minimum atomic E-state index is -1.70. The van der Waals surface area contributed by atoms with E-state index in [1.807, 2.05) is 0 Å². The van der Waals surface area contributed by atoms with Crippen LogP contribution in [-0.2, 0) is 0 Å². The van der Waals surface area contributed by atoms with E-state index in [1.165, 1.54) is 21.6 Å². The summed E-state index contributed by atoms with van der Waals surface area (Å²) in [5.41, 5.74) is 0. The maximum atomic E-state index is 8.84. The molecule has 0 saturated carbocycles. The van der Waals surface area contributed by atoms with Crippen molar-refractivity contribution in [1.29, 1.82) is 0 Å². The summed E-state index contributed by atoms with van der Waals surface area (Å²) in [5.74, 6) is 0.265. The molecule has 0 aliphatic carbocycles. The van der Waals surface area contributed by atoms with Crippen molar-refractivity contribution in [1.82, 2.24) is 0 Å². The Morgan fingerprint density at radius 2 is 1.08 bits per heavy atom. The van der Waals surface area contributed by atoms with Crippen LogP contribution in [0, 0.1) is 0 Å². The predicted octanol–water partition coefficient (Wildman–Crippen LogP) is -1.67. The Kier molecular flexibility index (Phi) is 5.30. The van der Waals surface area contributed by atoms with Crippen molar-refractivity contribution in [3.8, 4) is 0 Å². The van der Waals surface area contributed by atoms with Gasteiger partial charge < -0.3 is 10.2 Å². The first-order valence-corrected chi connectivity index (χ1v) is 5.54. The molecular weight excluding hydrogens is 187 g/mol. The second-order valence-electron chi connectivity index (χ2n) is 2.51. The third kappa shape index (κ3) is 10.9. The van der Waals surface area contributed by atoms with E-state index in [2.05, 4.69) is 0 Å². The summed E-state index contributed by atoms with van der Waals surface area (Å²) >= 11 is 0. The Labute approximate surface area is 85.7 Å². The van der Waals surface area contributed by atoms with Gasteiger partial charge in [0.25, 0.3) is 0 Å². The van der Waals surface area contributed by atoms with Crippen LogP contribution >= 0.6 is 21.6 Å². The first kappa shape index (κ1) is 12.9. The van der Waals surface area contributed by atoms with Gasteiger partial charge in [-0.15, -0.1) is 0 Å². The smallest absolute Gasteiger partial charge is 0.100 e. The van der Waals surface area contributed by atoms with Gasteiger partial charge in [-0.05, 0) is 10.8 Å². The van der Waals surface area contributed by atoms with E-state index >= 15 is 0 Å². The largest absolute Gasteiger partial charge is 0.408 e. The van der Waals surface area contributed by atoms with Crippen LogP contribution in [0.1, 0.15) is 0 Å². The normalized spacial score (nSPS) is 13.2. The molecule has 12 heavy (non-hydrogen) atoms. The molecule has 0 aromatic carbocycles. The first-order chi connectivity index (χ1) is 5.21. The summed E-state index contributed by atoms with van der Waals surface area (Å²) < 4.78 is 0. The third-order valence-electron chi connectivity index (χ3n) is 0.664. The minimum Gasteiger partial charge on any atom is -0.408 e. The lowest BCUT2D eigenvalue weighted by molar-refractivity contribution is 0.238. The highest BCUT2D eigenvalue weighted by atomic mass is 33.1. The lowest BCUT2D eigenvalue weighted by Gasteiger charge is -2.20. The van der Waals surface area contributed by atoms with Gasteiger partial charge in [0.1, 0.15) is 31.4 Å². The van der Waals surface area contributed by atoms with Crippen molar-refractivity contribution in [2.24, 2.45) is 0 Å². The maximum absolute atomic E-state index is 8.84. The molecule has 0 aromatic heterocycles. The monoisotopic (exact) mass is 194 g/mol. The van der Waals surface area contributed by atoms with Gasteiger partial charge in [0.05, 0.1) is 0 Å². The molecule has 0 bridgehead atoms. The zero-order valence-electron chi connectivity index (χ0n) is 6.43. The highest BCUT2D eigenvalue weighted by Crippen LogP contribution is 2.25. The zero-order chi connectivity index (χ0) is 9.83. The molecule has 0 aliphatic heterocycles. The average Bonchev–Trinajstić information content (AvgIpc) is 1.76. The molecule has 0 spiro atoms. The second kappa shape index (κ2) is 4.94. The average molecular weight is 193 g/mol. The second-order valence-corrected chi connectivity index (χ2v) is 4.97. The molecule has 0 aromatic rings. The molecule has 0 amide bonds. The minimum absolute atomic E-state index is 0.133. The van der Waals surface area contributed by atoms with E-state index in [0.29, 0.717) is 0 Å². The molecule has 0 heterocycles. The number of aliphatic hydroxyl groups is 2. The fraction of sp³-hybridized carbons (Fsp3) is 1.00. The fourth-order valence-electron chi connectivity index (χ4n) is 0.272. The molecule has 0 atom stereocenters. The molecule has 0 fully saturated rings. The van der Waals surface area contributed by atoms with Gasteiger partial charge in [0.2, 0.25) is 0 Å². The quantitative estimate of drug-likeness (QED) is 0.311. The lowest BCUT2D eigenvalue weighted by Crippen LogP contribution is -2.33. The predicted molar refractivity (Wildman–Crippen MR) is 57.8 cm³/mol. The molecular formula is C4H6B4O2S2. The fourth-order valence-corrected chi connectivity index (χ4v) is 2.45. The molecule has 2 N–H and O–H groups in total. The van der Waals surface area contributed by atoms with E-state index in [1.54, 1.807) is 0 Å². The van der Waals surface area contributed by atoms with Gasteiger partial charge in [-0.1, -0.05) is 21.6 Å². The Hall–Kier alpha value is 0.880. The van der Waals surface area contributed by atoms with Crippen LogP contribution in [0.25, 0.3) is 0 Å². The Bertz CT molecular complexity index is 116. The van der Waals surface area contributed by atoms with Gasteiger partial charge >= 0.3 is 0 Å². The standard InChI is InChI=1S/C4H6B4O2S2/c5-3(6,9)1-11-12-2-4(7,8)10/h9-10H,1-2H2. The van der Waals surface area contributed by atoms with Crippen LogP contribution in [0.15, 0.2) is 0 Å². The van der Waals surface area contributed by atoms with Crippen molar-refractivity contribution in [3.05, 3.63) is 0 Å². The molecule has 8 radical (unpaired) electrons. The Morgan fingerprint density at radius 3 is 1.25 bits per heavy atom. The van der Waals surface area contributed by atoms with Gasteiger partial charge in [-0.25, -0.2) is 0 Å². The summed E-state index contributed by atoms with van der Waals surface area (Å²) in [5, 5.41) is 14.3. The van der Waals surface area contributed by atoms with Gasteiger partial charge in [-0.2, -0.15) is 0 Å². The van der Waals surface area contributed by atoms with Crippen molar-refractivity contribution in [3.63, 3.8) is 0 Å². The van der Waals surface area contributed by atoms with Crippen LogP contribution < -0.4 is 0 Å². The van der Waals surface area contributed by atoms with Crippen molar-refractivity contribution in [2.45, 2.75) is 10.8 Å². The molecule has 8 heteroatoms. The summed E-state index contributed by atoms with van der Waals surface area (Å²) in [6, 6.07) is 0. The van der Waals surface area contributed by atoms with Crippen LogP contribution in [0.5, 0.6) is 0 Å². The number of hydrogen-bond acceptors (Lipinski definition) is 4. The van der Waals surface area contributed by atoms with Crippen molar-refractivity contribution >= 4 is 53.0 Å². The number of rotatable bonds is 5.